The zero-order chi connectivity index (χ0) is 19.7. The molecule has 0 N–H and O–H groups in total. The Bertz CT molecular complexity index is 1060. The van der Waals surface area contributed by atoms with Crippen molar-refractivity contribution in [3.05, 3.63) is 78.1 Å². The van der Waals surface area contributed by atoms with Gasteiger partial charge < -0.3 is 14.0 Å². The molecular weight excluding hydrogens is 376 g/mol. The second-order valence-corrected chi connectivity index (χ2v) is 8.48. The van der Waals surface area contributed by atoms with E-state index < -0.39 is 16.1 Å². The van der Waals surface area contributed by atoms with Gasteiger partial charge in [0.1, 0.15) is 11.5 Å². The summed E-state index contributed by atoms with van der Waals surface area (Å²) in [5, 5.41) is 0. The number of rotatable bonds is 5. The predicted molar refractivity (Wildman–Crippen MR) is 106 cm³/mol. The number of fused-ring (bicyclic) bond motifs is 1. The van der Waals surface area contributed by atoms with Crippen LogP contribution in [-0.2, 0) is 16.6 Å². The molecule has 0 aliphatic carbocycles. The first-order valence-corrected chi connectivity index (χ1v) is 10.4. The molecule has 0 unspecified atom stereocenters. The minimum Gasteiger partial charge on any atom is -0.497 e. The van der Waals surface area contributed by atoms with Crippen LogP contribution in [0.1, 0.15) is 17.3 Å². The maximum Gasteiger partial charge on any atom is 0.244 e. The molecule has 0 saturated carbocycles. The molecule has 28 heavy (non-hydrogen) atoms. The monoisotopic (exact) mass is 398 g/mol. The Hall–Kier alpha value is -2.77. The number of aromatic nitrogens is 1. The van der Waals surface area contributed by atoms with E-state index in [0.29, 0.717) is 18.8 Å². The normalized spacial score (nSPS) is 17.1. The van der Waals surface area contributed by atoms with E-state index >= 15 is 0 Å². The third kappa shape index (κ3) is 3.16. The van der Waals surface area contributed by atoms with Gasteiger partial charge in [0.2, 0.25) is 10.0 Å². The van der Waals surface area contributed by atoms with Crippen LogP contribution in [0.25, 0.3) is 0 Å². The van der Waals surface area contributed by atoms with Gasteiger partial charge in [-0.1, -0.05) is 12.1 Å². The molecular formula is C21H22N2O4S. The third-order valence-corrected chi connectivity index (χ3v) is 6.97. The second kappa shape index (κ2) is 7.33. The lowest BCUT2D eigenvalue weighted by Crippen LogP contribution is -2.42. The number of hydrogen-bond acceptors (Lipinski definition) is 4. The lowest BCUT2D eigenvalue weighted by molar-refractivity contribution is 0.298. The summed E-state index contributed by atoms with van der Waals surface area (Å²) in [7, 11) is -0.518. The van der Waals surface area contributed by atoms with E-state index in [2.05, 4.69) is 4.57 Å². The highest BCUT2D eigenvalue weighted by Crippen LogP contribution is 2.37. The fourth-order valence-electron chi connectivity index (χ4n) is 3.63. The summed E-state index contributed by atoms with van der Waals surface area (Å²) in [5.74, 6) is 1.36. The van der Waals surface area contributed by atoms with E-state index in [1.54, 1.807) is 42.8 Å². The summed E-state index contributed by atoms with van der Waals surface area (Å²) in [6.45, 7) is 1.01. The molecule has 0 bridgehead atoms. The number of hydrogen-bond donors (Lipinski definition) is 0. The molecule has 0 saturated heterocycles. The molecule has 4 rings (SSSR count). The lowest BCUT2D eigenvalue weighted by Gasteiger charge is -2.36. The second-order valence-electron chi connectivity index (χ2n) is 6.59. The summed E-state index contributed by atoms with van der Waals surface area (Å²) in [4.78, 5) is 0.256. The zero-order valence-electron chi connectivity index (χ0n) is 15.8. The fourth-order valence-corrected chi connectivity index (χ4v) is 5.21. The van der Waals surface area contributed by atoms with Gasteiger partial charge in [-0.2, -0.15) is 4.31 Å². The van der Waals surface area contributed by atoms with Crippen LogP contribution in [0.2, 0.25) is 0 Å². The molecule has 6 nitrogen and oxygen atoms in total. The van der Waals surface area contributed by atoms with E-state index in [4.69, 9.17) is 9.47 Å². The molecule has 2 heterocycles. The Kier molecular flexibility index (Phi) is 4.87. The van der Waals surface area contributed by atoms with Crippen LogP contribution in [0.15, 0.2) is 71.8 Å². The van der Waals surface area contributed by atoms with Gasteiger partial charge in [0.05, 0.1) is 25.2 Å². The lowest BCUT2D eigenvalue weighted by atomic mass is 10.0. The number of nitrogens with zero attached hydrogens (tertiary/aromatic N) is 2. The number of methoxy groups -OCH3 is 2. The summed E-state index contributed by atoms with van der Waals surface area (Å²) < 4.78 is 41.0. The van der Waals surface area contributed by atoms with Gasteiger partial charge in [-0.05, 0) is 54.1 Å². The van der Waals surface area contributed by atoms with Crippen molar-refractivity contribution in [3.63, 3.8) is 0 Å². The minimum atomic E-state index is -3.69. The fraction of sp³-hybridized carbons (Fsp3) is 0.238. The molecule has 2 aromatic carbocycles. The molecule has 1 aromatic heterocycles. The standard InChI is InChI=1S/C21H22N2O4S/c1-26-17-7-5-16(6-8-17)21-20-4-3-13-22(20)14-15-23(21)28(24,25)19-11-9-18(27-2)10-12-19/h3-13,21H,14-15H2,1-2H3/t21-/m1/s1. The first-order chi connectivity index (χ1) is 13.5. The van der Waals surface area contributed by atoms with Crippen LogP contribution in [0.5, 0.6) is 11.5 Å². The molecule has 0 amide bonds. The molecule has 1 atom stereocenters. The van der Waals surface area contributed by atoms with Crippen molar-refractivity contribution in [3.8, 4) is 11.5 Å². The highest BCUT2D eigenvalue weighted by molar-refractivity contribution is 7.89. The van der Waals surface area contributed by atoms with Crippen molar-refractivity contribution in [1.29, 1.82) is 0 Å². The predicted octanol–water partition coefficient (Wildman–Crippen LogP) is 3.30. The summed E-state index contributed by atoms with van der Waals surface area (Å²) in [5.41, 5.74) is 1.85. The highest BCUT2D eigenvalue weighted by Gasteiger charge is 2.37. The quantitative estimate of drug-likeness (QED) is 0.662. The largest absolute Gasteiger partial charge is 0.497 e. The molecule has 1 aliphatic heterocycles. The van der Waals surface area contributed by atoms with E-state index in [0.717, 1.165) is 17.0 Å². The van der Waals surface area contributed by atoms with Crippen molar-refractivity contribution in [1.82, 2.24) is 8.87 Å². The average Bonchev–Trinajstić information content (AvgIpc) is 3.22. The smallest absolute Gasteiger partial charge is 0.244 e. The van der Waals surface area contributed by atoms with Crippen LogP contribution in [0.3, 0.4) is 0 Å². The van der Waals surface area contributed by atoms with Gasteiger partial charge in [0.25, 0.3) is 0 Å². The minimum absolute atomic E-state index is 0.256. The molecule has 7 heteroatoms. The van der Waals surface area contributed by atoms with Crippen molar-refractivity contribution in [2.45, 2.75) is 17.5 Å². The van der Waals surface area contributed by atoms with Gasteiger partial charge in [-0.15, -0.1) is 0 Å². The Balaban J connectivity index is 1.79. The van der Waals surface area contributed by atoms with Crippen molar-refractivity contribution >= 4 is 10.0 Å². The van der Waals surface area contributed by atoms with Crippen molar-refractivity contribution in [2.75, 3.05) is 20.8 Å². The molecule has 0 fully saturated rings. The first kappa shape index (κ1) is 18.6. The molecule has 3 aromatic rings. The average molecular weight is 398 g/mol. The number of sulfonamides is 1. The van der Waals surface area contributed by atoms with Gasteiger partial charge in [0.15, 0.2) is 0 Å². The van der Waals surface area contributed by atoms with Crippen LogP contribution in [-0.4, -0.2) is 38.1 Å². The molecule has 1 aliphatic rings. The zero-order valence-corrected chi connectivity index (χ0v) is 16.6. The summed E-state index contributed by atoms with van der Waals surface area (Å²) >= 11 is 0. The molecule has 146 valence electrons. The Morgan fingerprint density at radius 3 is 2.07 bits per heavy atom. The number of ether oxygens (including phenoxy) is 2. The number of benzene rings is 2. The van der Waals surface area contributed by atoms with Crippen LogP contribution in [0, 0.1) is 0 Å². The van der Waals surface area contributed by atoms with Crippen molar-refractivity contribution in [2.24, 2.45) is 0 Å². The SMILES string of the molecule is COc1ccc([C@@H]2c3cccn3CCN2S(=O)(=O)c2ccc(OC)cc2)cc1. The van der Waals surface area contributed by atoms with E-state index in [-0.39, 0.29) is 4.90 Å². The Morgan fingerprint density at radius 2 is 1.46 bits per heavy atom. The van der Waals surface area contributed by atoms with Gasteiger partial charge in [-0.3, -0.25) is 0 Å². The molecule has 0 spiro atoms. The van der Waals surface area contributed by atoms with Gasteiger partial charge >= 0.3 is 0 Å². The summed E-state index contributed by atoms with van der Waals surface area (Å²) in [6, 6.07) is 17.6. The maximum atomic E-state index is 13.5. The van der Waals surface area contributed by atoms with E-state index in [9.17, 15) is 8.42 Å². The van der Waals surface area contributed by atoms with Crippen LogP contribution >= 0.6 is 0 Å². The van der Waals surface area contributed by atoms with E-state index in [1.807, 2.05) is 42.6 Å². The van der Waals surface area contributed by atoms with Crippen LogP contribution in [0.4, 0.5) is 0 Å². The maximum absolute atomic E-state index is 13.5. The Labute approximate surface area is 165 Å². The van der Waals surface area contributed by atoms with Crippen molar-refractivity contribution < 1.29 is 17.9 Å². The molecule has 0 radical (unpaired) electrons. The van der Waals surface area contributed by atoms with Gasteiger partial charge in [-0.25, -0.2) is 8.42 Å². The Morgan fingerprint density at radius 1 is 0.857 bits per heavy atom. The van der Waals surface area contributed by atoms with Gasteiger partial charge in [0, 0.05) is 25.0 Å². The third-order valence-electron chi connectivity index (χ3n) is 5.09. The first-order valence-electron chi connectivity index (χ1n) is 8.99. The van der Waals surface area contributed by atoms with Crippen LogP contribution < -0.4 is 9.47 Å². The topological polar surface area (TPSA) is 60.8 Å². The van der Waals surface area contributed by atoms with E-state index in [1.165, 1.54) is 0 Å². The highest BCUT2D eigenvalue weighted by atomic mass is 32.2. The summed E-state index contributed by atoms with van der Waals surface area (Å²) in [6.07, 6.45) is 1.99.